The number of likely N-dealkylation sites (N-methyl/N-ethyl adjacent to an activating group) is 1. The maximum Gasteiger partial charge on any atom is 0.243 e. The second-order valence-electron chi connectivity index (χ2n) is 8.48. The molecule has 1 heterocycles. The summed E-state index contributed by atoms with van der Waals surface area (Å²) in [4.78, 5) is 32.6. The minimum absolute atomic E-state index is 0.0267. The summed E-state index contributed by atoms with van der Waals surface area (Å²) < 4.78 is 0. The average Bonchev–Trinajstić information content (AvgIpc) is 3.12. The van der Waals surface area contributed by atoms with Crippen LogP contribution in [0.15, 0.2) is 4.99 Å². The molecule has 0 bridgehead atoms. The fourth-order valence-corrected chi connectivity index (χ4v) is 3.62. The zero-order valence-electron chi connectivity index (χ0n) is 17.5. The molecule has 2 fully saturated rings. The molecule has 0 spiro atoms. The molecule has 2 aliphatic rings. The number of nitrogens with zero attached hydrogens (tertiary/aromatic N) is 3. The van der Waals surface area contributed by atoms with Crippen LogP contribution in [0.4, 0.5) is 0 Å². The Morgan fingerprint density at radius 1 is 1.15 bits per heavy atom. The maximum atomic E-state index is 12.7. The lowest BCUT2D eigenvalue weighted by atomic mass is 9.88. The highest BCUT2D eigenvalue weighted by molar-refractivity contribution is 5.85. The van der Waals surface area contributed by atoms with E-state index in [1.807, 2.05) is 4.90 Å². The summed E-state index contributed by atoms with van der Waals surface area (Å²) in [6, 6.07) is 0.186. The standard InChI is InChI=1S/C20H37N5O2/c1-15(2)12-21-20(22-13-18(26)24(3)4)23-17-10-11-25(14-17)19(27)16-8-6-5-7-9-16/h15-17H,5-14H2,1-4H3,(H2,21,22,23). The fourth-order valence-electron chi connectivity index (χ4n) is 3.62. The van der Waals surface area contributed by atoms with Crippen LogP contribution in [-0.2, 0) is 9.59 Å². The van der Waals surface area contributed by atoms with Crippen LogP contribution in [-0.4, -0.2) is 73.9 Å². The third-order valence-electron chi connectivity index (χ3n) is 5.34. The lowest BCUT2D eigenvalue weighted by Crippen LogP contribution is -2.47. The van der Waals surface area contributed by atoms with E-state index >= 15 is 0 Å². The van der Waals surface area contributed by atoms with Gasteiger partial charge in [-0.25, -0.2) is 4.99 Å². The van der Waals surface area contributed by atoms with Crippen LogP contribution in [0.25, 0.3) is 0 Å². The smallest absolute Gasteiger partial charge is 0.243 e. The number of nitrogens with one attached hydrogen (secondary N) is 2. The molecular formula is C20H37N5O2. The number of rotatable bonds is 6. The van der Waals surface area contributed by atoms with Crippen molar-refractivity contribution in [1.29, 1.82) is 0 Å². The molecule has 1 saturated heterocycles. The second-order valence-corrected chi connectivity index (χ2v) is 8.48. The van der Waals surface area contributed by atoms with Crippen molar-refractivity contribution in [2.24, 2.45) is 16.8 Å². The lowest BCUT2D eigenvalue weighted by Gasteiger charge is -2.26. The van der Waals surface area contributed by atoms with Crippen molar-refractivity contribution in [3.8, 4) is 0 Å². The summed E-state index contributed by atoms with van der Waals surface area (Å²) in [7, 11) is 3.47. The van der Waals surface area contributed by atoms with Crippen molar-refractivity contribution in [2.75, 3.05) is 40.3 Å². The third-order valence-corrected chi connectivity index (χ3v) is 5.34. The predicted octanol–water partition coefficient (Wildman–Crippen LogP) is 1.45. The van der Waals surface area contributed by atoms with E-state index < -0.39 is 0 Å². The van der Waals surface area contributed by atoms with Gasteiger partial charge in [0.25, 0.3) is 0 Å². The van der Waals surface area contributed by atoms with Crippen LogP contribution >= 0.6 is 0 Å². The minimum Gasteiger partial charge on any atom is -0.356 e. The highest BCUT2D eigenvalue weighted by atomic mass is 16.2. The Labute approximate surface area is 163 Å². The van der Waals surface area contributed by atoms with Crippen molar-refractivity contribution in [1.82, 2.24) is 20.4 Å². The summed E-state index contributed by atoms with van der Waals surface area (Å²) >= 11 is 0. The van der Waals surface area contributed by atoms with E-state index in [0.29, 0.717) is 17.8 Å². The van der Waals surface area contributed by atoms with E-state index in [-0.39, 0.29) is 24.4 Å². The van der Waals surface area contributed by atoms with E-state index in [1.54, 1.807) is 19.0 Å². The van der Waals surface area contributed by atoms with Crippen molar-refractivity contribution >= 4 is 17.8 Å². The van der Waals surface area contributed by atoms with Gasteiger partial charge in [0.2, 0.25) is 11.8 Å². The Morgan fingerprint density at radius 3 is 2.48 bits per heavy atom. The van der Waals surface area contributed by atoms with Crippen LogP contribution in [0.5, 0.6) is 0 Å². The molecule has 7 nitrogen and oxygen atoms in total. The van der Waals surface area contributed by atoms with Gasteiger partial charge in [0.05, 0.1) is 0 Å². The third kappa shape index (κ3) is 7.03. The molecule has 2 amide bonds. The Kier molecular flexibility index (Phi) is 8.38. The van der Waals surface area contributed by atoms with Crippen LogP contribution in [0.2, 0.25) is 0 Å². The minimum atomic E-state index is -0.0267. The molecule has 2 N–H and O–H groups in total. The summed E-state index contributed by atoms with van der Waals surface area (Å²) in [5.41, 5.74) is 0. The van der Waals surface area contributed by atoms with Gasteiger partial charge in [-0.15, -0.1) is 0 Å². The van der Waals surface area contributed by atoms with Gasteiger partial charge in [-0.2, -0.15) is 0 Å². The van der Waals surface area contributed by atoms with Gasteiger partial charge >= 0.3 is 0 Å². The molecule has 154 valence electrons. The van der Waals surface area contributed by atoms with Gasteiger partial charge in [-0.05, 0) is 25.2 Å². The number of carbonyl (C=O) groups excluding carboxylic acids is 2. The van der Waals surface area contributed by atoms with Crippen LogP contribution in [0.3, 0.4) is 0 Å². The molecule has 0 aromatic carbocycles. The summed E-state index contributed by atoms with van der Waals surface area (Å²) in [5, 5.41) is 6.74. The van der Waals surface area contributed by atoms with E-state index in [1.165, 1.54) is 19.3 Å². The van der Waals surface area contributed by atoms with E-state index in [9.17, 15) is 9.59 Å². The van der Waals surface area contributed by atoms with Crippen LogP contribution in [0.1, 0.15) is 52.4 Å². The molecular weight excluding hydrogens is 342 g/mol. The number of likely N-dealkylation sites (tertiary alicyclic amines) is 1. The van der Waals surface area contributed by atoms with Gasteiger partial charge in [0.15, 0.2) is 5.96 Å². The monoisotopic (exact) mass is 379 g/mol. The van der Waals surface area contributed by atoms with Gasteiger partial charge in [0.1, 0.15) is 6.54 Å². The van der Waals surface area contributed by atoms with Crippen molar-refractivity contribution in [2.45, 2.75) is 58.4 Å². The molecule has 0 aromatic rings. The molecule has 27 heavy (non-hydrogen) atoms. The zero-order valence-corrected chi connectivity index (χ0v) is 17.5. The maximum absolute atomic E-state index is 12.7. The SMILES string of the molecule is CC(C)CNC(=NCC(=O)N(C)C)NC1CCN(C(=O)C2CCCCC2)C1. The van der Waals surface area contributed by atoms with E-state index in [4.69, 9.17) is 0 Å². The topological polar surface area (TPSA) is 77.0 Å². The Morgan fingerprint density at radius 2 is 1.85 bits per heavy atom. The molecule has 1 atom stereocenters. The molecule has 1 aliphatic heterocycles. The zero-order chi connectivity index (χ0) is 19.8. The quantitative estimate of drug-likeness (QED) is 0.541. The Balaban J connectivity index is 1.89. The van der Waals surface area contributed by atoms with Gasteiger partial charge in [0, 0.05) is 45.7 Å². The van der Waals surface area contributed by atoms with Crippen molar-refractivity contribution in [3.63, 3.8) is 0 Å². The molecule has 1 unspecified atom stereocenters. The van der Waals surface area contributed by atoms with E-state index in [2.05, 4.69) is 29.5 Å². The fraction of sp³-hybridized carbons (Fsp3) is 0.850. The van der Waals surface area contributed by atoms with Gasteiger partial charge < -0.3 is 20.4 Å². The van der Waals surface area contributed by atoms with Gasteiger partial charge in [-0.1, -0.05) is 33.1 Å². The number of guanidine groups is 1. The average molecular weight is 380 g/mol. The first kappa shape index (κ1) is 21.5. The van der Waals surface area contributed by atoms with Gasteiger partial charge in [-0.3, -0.25) is 9.59 Å². The summed E-state index contributed by atoms with van der Waals surface area (Å²) in [5.74, 6) is 1.67. The first-order valence-electron chi connectivity index (χ1n) is 10.4. The first-order chi connectivity index (χ1) is 12.9. The number of hydrogen-bond acceptors (Lipinski definition) is 3. The van der Waals surface area contributed by atoms with Crippen LogP contribution < -0.4 is 10.6 Å². The number of hydrogen-bond donors (Lipinski definition) is 2. The van der Waals surface area contributed by atoms with Crippen LogP contribution in [0, 0.1) is 11.8 Å². The summed E-state index contributed by atoms with van der Waals surface area (Å²) in [6.45, 7) is 6.71. The van der Waals surface area contributed by atoms with E-state index in [0.717, 1.165) is 38.9 Å². The van der Waals surface area contributed by atoms with Crippen molar-refractivity contribution < 1.29 is 9.59 Å². The number of aliphatic imine (C=N–C) groups is 1. The highest BCUT2D eigenvalue weighted by Gasteiger charge is 2.31. The predicted molar refractivity (Wildman–Crippen MR) is 109 cm³/mol. The normalized spacial score (nSPS) is 21.4. The highest BCUT2D eigenvalue weighted by Crippen LogP contribution is 2.26. The molecule has 0 aromatic heterocycles. The number of amides is 2. The Bertz CT molecular complexity index is 526. The number of carbonyl (C=O) groups is 2. The Hall–Kier alpha value is -1.79. The first-order valence-corrected chi connectivity index (χ1v) is 10.4. The molecule has 1 aliphatic carbocycles. The van der Waals surface area contributed by atoms with Crippen molar-refractivity contribution in [3.05, 3.63) is 0 Å². The molecule has 7 heteroatoms. The largest absolute Gasteiger partial charge is 0.356 e. The molecule has 2 rings (SSSR count). The second kappa shape index (κ2) is 10.5. The summed E-state index contributed by atoms with van der Waals surface area (Å²) in [6.07, 6.45) is 6.64. The molecule has 0 radical (unpaired) electrons. The molecule has 1 saturated carbocycles. The lowest BCUT2D eigenvalue weighted by molar-refractivity contribution is -0.135.